The number of carboxylic acids is 1. The molecule has 19 heavy (non-hydrogen) atoms. The van der Waals surface area contributed by atoms with E-state index in [-0.39, 0.29) is 13.0 Å². The second kappa shape index (κ2) is 5.28. The van der Waals surface area contributed by atoms with E-state index in [2.05, 4.69) is 4.18 Å². The Labute approximate surface area is 111 Å². The van der Waals surface area contributed by atoms with Gasteiger partial charge in [0.05, 0.1) is 6.04 Å². The minimum Gasteiger partial charge on any atom is -0.479 e. The van der Waals surface area contributed by atoms with E-state index in [0.717, 1.165) is 5.56 Å². The Morgan fingerprint density at radius 1 is 1.42 bits per heavy atom. The maximum Gasteiger partial charge on any atom is 0.339 e. The molecular formula is C12H15NO5S. The Kier molecular flexibility index (Phi) is 3.88. The van der Waals surface area contributed by atoms with Crippen molar-refractivity contribution in [2.75, 3.05) is 6.54 Å². The third-order valence-electron chi connectivity index (χ3n) is 3.08. The van der Waals surface area contributed by atoms with Gasteiger partial charge >= 0.3 is 16.3 Å². The van der Waals surface area contributed by atoms with Crippen LogP contribution in [0.1, 0.15) is 24.9 Å². The summed E-state index contributed by atoms with van der Waals surface area (Å²) in [6.07, 6.45) is -1.23. The zero-order valence-electron chi connectivity index (χ0n) is 10.4. The van der Waals surface area contributed by atoms with Gasteiger partial charge in [-0.3, -0.25) is 0 Å². The van der Waals surface area contributed by atoms with E-state index in [1.807, 2.05) is 6.07 Å². The topological polar surface area (TPSA) is 83.9 Å². The van der Waals surface area contributed by atoms with Crippen molar-refractivity contribution in [3.8, 4) is 0 Å². The molecule has 0 spiro atoms. The monoisotopic (exact) mass is 285 g/mol. The third kappa shape index (κ3) is 2.78. The van der Waals surface area contributed by atoms with Gasteiger partial charge in [0.2, 0.25) is 0 Å². The molecule has 6 nitrogen and oxygen atoms in total. The van der Waals surface area contributed by atoms with Gasteiger partial charge in [0, 0.05) is 13.0 Å². The fraction of sp³-hybridized carbons (Fsp3) is 0.417. The van der Waals surface area contributed by atoms with Crippen LogP contribution in [0.2, 0.25) is 0 Å². The lowest BCUT2D eigenvalue weighted by molar-refractivity contribution is -0.147. The molecule has 1 fully saturated rings. The van der Waals surface area contributed by atoms with Crippen LogP contribution >= 0.6 is 0 Å². The molecule has 1 heterocycles. The molecule has 0 bridgehead atoms. The van der Waals surface area contributed by atoms with Gasteiger partial charge in [0.25, 0.3) is 0 Å². The van der Waals surface area contributed by atoms with E-state index < -0.39 is 28.4 Å². The molecule has 1 aromatic rings. The molecule has 1 aliphatic rings. The summed E-state index contributed by atoms with van der Waals surface area (Å²) in [7, 11) is -4.01. The predicted molar refractivity (Wildman–Crippen MR) is 67.6 cm³/mol. The first-order valence-electron chi connectivity index (χ1n) is 5.93. The standard InChI is InChI=1S/C12H15NO5S/c1-2-13-10(9-6-4-3-5-7-9)8-11(12(14)15)18-19(13,16)17/h3-7,10-11H,2,8H2,1H3,(H,14,15). The quantitative estimate of drug-likeness (QED) is 0.901. The summed E-state index contributed by atoms with van der Waals surface area (Å²) in [5, 5.41) is 8.99. The average Bonchev–Trinajstić information content (AvgIpc) is 2.37. The Morgan fingerprint density at radius 2 is 2.05 bits per heavy atom. The summed E-state index contributed by atoms with van der Waals surface area (Å²) in [5.74, 6) is -1.26. The number of hydrogen-bond acceptors (Lipinski definition) is 4. The molecule has 1 aromatic carbocycles. The number of carbonyl (C=O) groups is 1. The van der Waals surface area contributed by atoms with Crippen molar-refractivity contribution >= 4 is 16.3 Å². The van der Waals surface area contributed by atoms with Crippen LogP contribution < -0.4 is 0 Å². The molecule has 2 unspecified atom stereocenters. The summed E-state index contributed by atoms with van der Waals surface area (Å²) >= 11 is 0. The summed E-state index contributed by atoms with van der Waals surface area (Å²) in [5.41, 5.74) is 0.766. The van der Waals surface area contributed by atoms with Crippen LogP contribution in [0.15, 0.2) is 30.3 Å². The van der Waals surface area contributed by atoms with Crippen LogP contribution in [0.4, 0.5) is 0 Å². The van der Waals surface area contributed by atoms with Crippen molar-refractivity contribution in [3.05, 3.63) is 35.9 Å². The molecule has 7 heteroatoms. The lowest BCUT2D eigenvalue weighted by atomic mass is 10.0. The highest BCUT2D eigenvalue weighted by Gasteiger charge is 2.42. The summed E-state index contributed by atoms with van der Waals surface area (Å²) in [6.45, 7) is 1.92. The molecule has 2 atom stereocenters. The van der Waals surface area contributed by atoms with E-state index in [1.54, 1.807) is 31.2 Å². The molecule has 0 aliphatic carbocycles. The Balaban J connectivity index is 2.41. The minimum absolute atomic E-state index is 0.104. The van der Waals surface area contributed by atoms with Crippen molar-refractivity contribution < 1.29 is 22.5 Å². The minimum atomic E-state index is -4.01. The van der Waals surface area contributed by atoms with Gasteiger partial charge in [-0.25, -0.2) is 8.98 Å². The molecule has 0 amide bonds. The molecular weight excluding hydrogens is 270 g/mol. The van der Waals surface area contributed by atoms with Gasteiger partial charge in [0.1, 0.15) is 0 Å². The highest BCUT2D eigenvalue weighted by molar-refractivity contribution is 7.84. The summed E-state index contributed by atoms with van der Waals surface area (Å²) < 4.78 is 29.8. The van der Waals surface area contributed by atoms with E-state index in [9.17, 15) is 13.2 Å². The number of aliphatic carboxylic acids is 1. The van der Waals surface area contributed by atoms with Crippen LogP contribution in [0, 0.1) is 0 Å². The lowest BCUT2D eigenvalue weighted by Crippen LogP contribution is -2.46. The second-order valence-corrected chi connectivity index (χ2v) is 5.76. The number of benzene rings is 1. The lowest BCUT2D eigenvalue weighted by Gasteiger charge is -2.36. The normalized spacial score (nSPS) is 27.0. The zero-order chi connectivity index (χ0) is 14.0. The molecule has 0 radical (unpaired) electrons. The van der Waals surface area contributed by atoms with Crippen LogP contribution in [-0.4, -0.2) is 36.4 Å². The second-order valence-electron chi connectivity index (χ2n) is 4.25. The van der Waals surface area contributed by atoms with Gasteiger partial charge in [-0.1, -0.05) is 37.3 Å². The highest BCUT2D eigenvalue weighted by Crippen LogP contribution is 2.34. The van der Waals surface area contributed by atoms with E-state index in [1.165, 1.54) is 4.31 Å². The van der Waals surface area contributed by atoms with Crippen molar-refractivity contribution in [1.29, 1.82) is 0 Å². The first-order valence-corrected chi connectivity index (χ1v) is 7.30. The van der Waals surface area contributed by atoms with Crippen LogP contribution in [0.25, 0.3) is 0 Å². The largest absolute Gasteiger partial charge is 0.479 e. The fourth-order valence-corrected chi connectivity index (χ4v) is 3.62. The Hall–Kier alpha value is -1.44. The maximum absolute atomic E-state index is 12.0. The number of carboxylic acid groups (broad SMARTS) is 1. The van der Waals surface area contributed by atoms with Crippen LogP contribution in [0.5, 0.6) is 0 Å². The van der Waals surface area contributed by atoms with E-state index >= 15 is 0 Å². The number of rotatable bonds is 3. The molecule has 1 N–H and O–H groups in total. The van der Waals surface area contributed by atoms with Crippen molar-refractivity contribution in [3.63, 3.8) is 0 Å². The highest BCUT2D eigenvalue weighted by atomic mass is 32.2. The summed E-state index contributed by atoms with van der Waals surface area (Å²) in [6, 6.07) is 8.47. The van der Waals surface area contributed by atoms with E-state index in [0.29, 0.717) is 0 Å². The van der Waals surface area contributed by atoms with Gasteiger partial charge in [0.15, 0.2) is 6.10 Å². The van der Waals surface area contributed by atoms with Gasteiger partial charge in [-0.05, 0) is 5.56 Å². The number of hydrogen-bond donors (Lipinski definition) is 1. The Bertz CT molecular complexity index is 557. The maximum atomic E-state index is 12.0. The molecule has 2 rings (SSSR count). The predicted octanol–water partition coefficient (Wildman–Crippen LogP) is 1.17. The van der Waals surface area contributed by atoms with Crippen molar-refractivity contribution in [1.82, 2.24) is 4.31 Å². The van der Waals surface area contributed by atoms with Crippen LogP contribution in [-0.2, 0) is 19.3 Å². The van der Waals surface area contributed by atoms with Gasteiger partial charge < -0.3 is 5.11 Å². The molecule has 1 aliphatic heterocycles. The molecule has 0 saturated carbocycles. The number of nitrogens with zero attached hydrogens (tertiary/aromatic N) is 1. The first kappa shape index (κ1) is 14.0. The third-order valence-corrected chi connectivity index (χ3v) is 4.64. The van der Waals surface area contributed by atoms with Crippen molar-refractivity contribution in [2.24, 2.45) is 0 Å². The first-order chi connectivity index (χ1) is 8.95. The SMILES string of the molecule is CCN1C(c2ccccc2)CC(C(=O)O)OS1(=O)=O. The van der Waals surface area contributed by atoms with Crippen LogP contribution in [0.3, 0.4) is 0 Å². The molecule has 1 saturated heterocycles. The summed E-state index contributed by atoms with van der Waals surface area (Å²) in [4.78, 5) is 11.0. The van der Waals surface area contributed by atoms with Gasteiger partial charge in [-0.2, -0.15) is 12.7 Å². The molecule has 0 aromatic heterocycles. The Morgan fingerprint density at radius 3 is 2.58 bits per heavy atom. The zero-order valence-corrected chi connectivity index (χ0v) is 11.2. The smallest absolute Gasteiger partial charge is 0.339 e. The van der Waals surface area contributed by atoms with Gasteiger partial charge in [-0.15, -0.1) is 0 Å². The molecule has 104 valence electrons. The van der Waals surface area contributed by atoms with Crippen molar-refractivity contribution in [2.45, 2.75) is 25.5 Å². The fourth-order valence-electron chi connectivity index (χ4n) is 2.22. The van der Waals surface area contributed by atoms with E-state index in [4.69, 9.17) is 5.11 Å². The average molecular weight is 285 g/mol.